The van der Waals surface area contributed by atoms with Gasteiger partial charge in [-0.15, -0.1) is 0 Å². The van der Waals surface area contributed by atoms with Crippen LogP contribution in [0, 0.1) is 5.92 Å². The van der Waals surface area contributed by atoms with Gasteiger partial charge in [-0.1, -0.05) is 25.7 Å². The van der Waals surface area contributed by atoms with Crippen LogP contribution in [-0.4, -0.2) is 64.2 Å². The van der Waals surface area contributed by atoms with Crippen molar-refractivity contribution in [1.82, 2.24) is 15.1 Å². The molecular weight excluding hydrogens is 318 g/mol. The third kappa shape index (κ3) is 3.08. The number of carbonyl (C=O) groups excluding carboxylic acids is 2. The highest BCUT2D eigenvalue weighted by molar-refractivity contribution is 6.07. The minimum atomic E-state index is -0.596. The van der Waals surface area contributed by atoms with Crippen molar-refractivity contribution in [1.29, 1.82) is 0 Å². The number of nitrogens with zero attached hydrogens (tertiary/aromatic N) is 2. The highest BCUT2D eigenvalue weighted by atomic mass is 16.3. The van der Waals surface area contributed by atoms with Crippen LogP contribution in [-0.2, 0) is 4.79 Å². The Bertz CT molecular complexity index is 532. The monoisotopic (exact) mass is 349 g/mol. The van der Waals surface area contributed by atoms with Crippen molar-refractivity contribution in [2.24, 2.45) is 5.92 Å². The number of urea groups is 1. The van der Waals surface area contributed by atoms with Gasteiger partial charge in [-0.2, -0.15) is 0 Å². The van der Waals surface area contributed by atoms with Gasteiger partial charge >= 0.3 is 6.03 Å². The van der Waals surface area contributed by atoms with Crippen molar-refractivity contribution in [3.05, 3.63) is 0 Å². The van der Waals surface area contributed by atoms with Gasteiger partial charge in [-0.25, -0.2) is 4.79 Å². The number of hydrogen-bond donors (Lipinski definition) is 2. The quantitative estimate of drug-likeness (QED) is 0.760. The third-order valence-electron chi connectivity index (χ3n) is 7.00. The number of imide groups is 1. The molecule has 2 aliphatic heterocycles. The molecule has 0 unspecified atom stereocenters. The van der Waals surface area contributed by atoms with Crippen LogP contribution in [0.2, 0.25) is 0 Å². The lowest BCUT2D eigenvalue weighted by Gasteiger charge is -2.37. The molecular formula is C19H31N3O3. The number of amides is 3. The van der Waals surface area contributed by atoms with Crippen molar-refractivity contribution in [3.8, 4) is 0 Å². The number of carbonyl (C=O) groups is 2. The van der Waals surface area contributed by atoms with E-state index >= 15 is 0 Å². The largest absolute Gasteiger partial charge is 0.393 e. The third-order valence-corrected chi connectivity index (χ3v) is 7.00. The first-order valence-corrected chi connectivity index (χ1v) is 10.2. The Labute approximate surface area is 149 Å². The fourth-order valence-corrected chi connectivity index (χ4v) is 5.63. The molecule has 0 aromatic carbocycles. The van der Waals surface area contributed by atoms with E-state index in [0.717, 1.165) is 70.9 Å². The van der Waals surface area contributed by atoms with E-state index in [4.69, 9.17) is 0 Å². The lowest BCUT2D eigenvalue weighted by molar-refractivity contribution is -0.131. The Morgan fingerprint density at radius 2 is 1.76 bits per heavy atom. The number of rotatable bonds is 4. The van der Waals surface area contributed by atoms with E-state index in [1.165, 1.54) is 11.3 Å². The van der Waals surface area contributed by atoms with Crippen LogP contribution in [0.4, 0.5) is 4.79 Å². The molecule has 6 nitrogen and oxygen atoms in total. The van der Waals surface area contributed by atoms with Crippen LogP contribution < -0.4 is 5.32 Å². The van der Waals surface area contributed by atoms with Crippen molar-refractivity contribution < 1.29 is 14.7 Å². The SMILES string of the molecule is O=C1NC2(CCCC2)C(=O)N1CCN1CCC[C@@H]1[C@H]1CCCC[C@H]1O. The van der Waals surface area contributed by atoms with Gasteiger partial charge < -0.3 is 10.4 Å². The van der Waals surface area contributed by atoms with Gasteiger partial charge in [-0.3, -0.25) is 14.6 Å². The van der Waals surface area contributed by atoms with E-state index in [1.54, 1.807) is 0 Å². The van der Waals surface area contributed by atoms with Crippen LogP contribution >= 0.6 is 0 Å². The van der Waals surface area contributed by atoms with Crippen molar-refractivity contribution in [2.45, 2.75) is 81.9 Å². The summed E-state index contributed by atoms with van der Waals surface area (Å²) >= 11 is 0. The maximum absolute atomic E-state index is 12.8. The van der Waals surface area contributed by atoms with Gasteiger partial charge in [0.05, 0.1) is 6.10 Å². The zero-order valence-corrected chi connectivity index (χ0v) is 15.1. The molecule has 0 radical (unpaired) electrons. The zero-order chi connectivity index (χ0) is 17.4. The highest BCUT2D eigenvalue weighted by Gasteiger charge is 2.52. The van der Waals surface area contributed by atoms with Gasteiger partial charge in [0.1, 0.15) is 5.54 Å². The highest BCUT2D eigenvalue weighted by Crippen LogP contribution is 2.36. The van der Waals surface area contributed by atoms with Gasteiger partial charge in [0, 0.05) is 25.0 Å². The first kappa shape index (κ1) is 17.3. The molecule has 4 rings (SSSR count). The van der Waals surface area contributed by atoms with Gasteiger partial charge in [0.25, 0.3) is 5.91 Å². The topological polar surface area (TPSA) is 72.9 Å². The maximum Gasteiger partial charge on any atom is 0.325 e. The second-order valence-electron chi connectivity index (χ2n) is 8.44. The normalized spacial score (nSPS) is 35.7. The van der Waals surface area contributed by atoms with Crippen molar-refractivity contribution in [3.63, 3.8) is 0 Å². The summed E-state index contributed by atoms with van der Waals surface area (Å²) in [6, 6.07) is 0.205. The van der Waals surface area contributed by atoms with Crippen LogP contribution in [0.1, 0.15) is 64.2 Å². The fraction of sp³-hybridized carbons (Fsp3) is 0.895. The number of aliphatic hydroxyl groups excluding tert-OH is 1. The standard InChI is InChI=1S/C19H31N3O3/c23-16-8-2-1-6-14(16)15-7-5-11-21(15)12-13-22-17(24)19(20-18(22)25)9-3-4-10-19/h14-16,23H,1-13H2,(H,20,25)/t14-,15-,16-/m1/s1. The van der Waals surface area contributed by atoms with Crippen LogP contribution in [0.5, 0.6) is 0 Å². The molecule has 4 fully saturated rings. The molecule has 0 bridgehead atoms. The Morgan fingerprint density at radius 1 is 1.00 bits per heavy atom. The molecule has 2 saturated heterocycles. The summed E-state index contributed by atoms with van der Waals surface area (Å²) in [5.74, 6) is 0.351. The van der Waals surface area contributed by atoms with Crippen molar-refractivity contribution >= 4 is 11.9 Å². The van der Waals surface area contributed by atoms with Crippen LogP contribution in [0.3, 0.4) is 0 Å². The summed E-state index contributed by atoms with van der Waals surface area (Å²) in [5, 5.41) is 13.4. The summed E-state index contributed by atoms with van der Waals surface area (Å²) < 4.78 is 0. The number of nitrogens with one attached hydrogen (secondary N) is 1. The molecule has 2 aliphatic carbocycles. The van der Waals surface area contributed by atoms with E-state index in [-0.39, 0.29) is 18.0 Å². The van der Waals surface area contributed by atoms with E-state index in [9.17, 15) is 14.7 Å². The smallest absolute Gasteiger partial charge is 0.325 e. The molecule has 1 spiro atoms. The first-order valence-electron chi connectivity index (χ1n) is 10.2. The maximum atomic E-state index is 12.8. The zero-order valence-electron chi connectivity index (χ0n) is 15.1. The first-order chi connectivity index (χ1) is 12.1. The molecule has 0 aromatic heterocycles. The molecule has 140 valence electrons. The number of likely N-dealkylation sites (tertiary alicyclic amines) is 1. The summed E-state index contributed by atoms with van der Waals surface area (Å²) in [6.45, 7) is 2.23. The Morgan fingerprint density at radius 3 is 2.52 bits per heavy atom. The second-order valence-corrected chi connectivity index (χ2v) is 8.44. The summed E-state index contributed by atoms with van der Waals surface area (Å²) in [5.41, 5.74) is -0.596. The second kappa shape index (κ2) is 6.88. The predicted octanol–water partition coefficient (Wildman–Crippen LogP) is 1.87. The average Bonchev–Trinajstić information content (AvgIpc) is 3.29. The molecule has 0 aromatic rings. The molecule has 6 heteroatoms. The van der Waals surface area contributed by atoms with Gasteiger partial charge in [-0.05, 0) is 45.1 Å². The lowest BCUT2D eigenvalue weighted by Crippen LogP contribution is -2.47. The lowest BCUT2D eigenvalue weighted by atomic mass is 9.80. The van der Waals surface area contributed by atoms with E-state index in [0.29, 0.717) is 18.5 Å². The molecule has 3 amide bonds. The molecule has 3 atom stereocenters. The van der Waals surface area contributed by atoms with E-state index in [1.807, 2.05) is 0 Å². The molecule has 4 aliphatic rings. The number of aliphatic hydroxyl groups is 1. The molecule has 2 saturated carbocycles. The van der Waals surface area contributed by atoms with Crippen LogP contribution in [0.15, 0.2) is 0 Å². The van der Waals surface area contributed by atoms with Gasteiger partial charge in [0.15, 0.2) is 0 Å². The Kier molecular flexibility index (Phi) is 4.75. The molecule has 2 N–H and O–H groups in total. The molecule has 25 heavy (non-hydrogen) atoms. The summed E-state index contributed by atoms with van der Waals surface area (Å²) in [7, 11) is 0. The minimum Gasteiger partial charge on any atom is -0.393 e. The predicted molar refractivity (Wildman–Crippen MR) is 94.0 cm³/mol. The van der Waals surface area contributed by atoms with E-state index in [2.05, 4.69) is 10.2 Å². The average molecular weight is 349 g/mol. The van der Waals surface area contributed by atoms with E-state index < -0.39 is 5.54 Å². The van der Waals surface area contributed by atoms with Crippen LogP contribution in [0.25, 0.3) is 0 Å². The Balaban J connectivity index is 1.37. The van der Waals surface area contributed by atoms with Crippen molar-refractivity contribution in [2.75, 3.05) is 19.6 Å². The molecule has 2 heterocycles. The Hall–Kier alpha value is -1.14. The fourth-order valence-electron chi connectivity index (χ4n) is 5.63. The summed E-state index contributed by atoms with van der Waals surface area (Å²) in [6.07, 6.45) is 10.1. The number of hydrogen-bond acceptors (Lipinski definition) is 4. The summed E-state index contributed by atoms with van der Waals surface area (Å²) in [4.78, 5) is 28.9. The van der Waals surface area contributed by atoms with Gasteiger partial charge in [0.2, 0.25) is 0 Å². The minimum absolute atomic E-state index is 0.0107.